The molecule has 2 nitrogen and oxygen atoms in total. The van der Waals surface area contributed by atoms with Crippen LogP contribution >= 0.6 is 11.8 Å². The molecule has 0 amide bonds. The maximum Gasteiger partial charge on any atom is 0.00223 e. The molecule has 0 radical (unpaired) electrons. The van der Waals surface area contributed by atoms with Gasteiger partial charge in [-0.05, 0) is 63.9 Å². The number of hydrogen-bond acceptors (Lipinski definition) is 3. The van der Waals surface area contributed by atoms with Crippen molar-refractivity contribution in [2.75, 3.05) is 45.2 Å². The van der Waals surface area contributed by atoms with Crippen molar-refractivity contribution in [2.45, 2.75) is 32.1 Å². The quantitative estimate of drug-likeness (QED) is 0.627. The maximum atomic E-state index is 3.29. The number of thioether (sulfide) groups is 1. The normalized spacial score (nSPS) is 21.8. The van der Waals surface area contributed by atoms with Gasteiger partial charge in [0.15, 0.2) is 0 Å². The van der Waals surface area contributed by atoms with Crippen molar-refractivity contribution in [2.24, 2.45) is 5.92 Å². The van der Waals surface area contributed by atoms with Gasteiger partial charge in [0, 0.05) is 6.54 Å². The Morgan fingerprint density at radius 1 is 1.25 bits per heavy atom. The molecule has 1 unspecified atom stereocenters. The van der Waals surface area contributed by atoms with E-state index < -0.39 is 0 Å². The average Bonchev–Trinajstić information content (AvgIpc) is 2.72. The highest BCUT2D eigenvalue weighted by Gasteiger charge is 2.20. The van der Waals surface area contributed by atoms with Gasteiger partial charge < -0.3 is 10.2 Å². The molecule has 0 bridgehead atoms. The van der Waals surface area contributed by atoms with Crippen LogP contribution in [-0.2, 0) is 0 Å². The van der Waals surface area contributed by atoms with Gasteiger partial charge in [-0.3, -0.25) is 0 Å². The molecule has 1 heterocycles. The number of nitrogens with one attached hydrogen (secondary N) is 1. The molecule has 0 aromatic carbocycles. The second kappa shape index (κ2) is 9.32. The summed E-state index contributed by atoms with van der Waals surface area (Å²) in [5.41, 5.74) is 0. The van der Waals surface area contributed by atoms with Crippen LogP contribution in [0, 0.1) is 5.92 Å². The molecular formula is C13H28N2S. The summed E-state index contributed by atoms with van der Waals surface area (Å²) in [5.74, 6) is 2.25. The van der Waals surface area contributed by atoms with Gasteiger partial charge in [0.2, 0.25) is 0 Å². The number of likely N-dealkylation sites (tertiary alicyclic amines) is 1. The Morgan fingerprint density at radius 3 is 2.81 bits per heavy atom. The number of unbranched alkanes of at least 4 members (excludes halogenated alkanes) is 3. The van der Waals surface area contributed by atoms with Crippen LogP contribution in [0.5, 0.6) is 0 Å². The average molecular weight is 244 g/mol. The lowest BCUT2D eigenvalue weighted by Gasteiger charge is -2.15. The number of rotatable bonds is 9. The Bertz CT molecular complexity index is 164. The summed E-state index contributed by atoms with van der Waals surface area (Å²) in [6.45, 7) is 5.19. The second-order valence-electron chi connectivity index (χ2n) is 4.92. The van der Waals surface area contributed by atoms with Crippen molar-refractivity contribution in [3.63, 3.8) is 0 Å². The fourth-order valence-corrected chi connectivity index (χ4v) is 3.00. The SMILES string of the molecule is CNCC1CCN(CCCCCCSC)C1. The lowest BCUT2D eigenvalue weighted by atomic mass is 10.1. The van der Waals surface area contributed by atoms with Crippen molar-refractivity contribution < 1.29 is 0 Å². The van der Waals surface area contributed by atoms with Crippen LogP contribution < -0.4 is 5.32 Å². The third kappa shape index (κ3) is 6.12. The molecule has 1 aliphatic heterocycles. The van der Waals surface area contributed by atoms with Crippen LogP contribution in [0.2, 0.25) is 0 Å². The Morgan fingerprint density at radius 2 is 2.06 bits per heavy atom. The van der Waals surface area contributed by atoms with Gasteiger partial charge in [-0.15, -0.1) is 0 Å². The summed E-state index contributed by atoms with van der Waals surface area (Å²) >= 11 is 1.97. The summed E-state index contributed by atoms with van der Waals surface area (Å²) in [6, 6.07) is 0. The van der Waals surface area contributed by atoms with Crippen molar-refractivity contribution in [1.82, 2.24) is 10.2 Å². The lowest BCUT2D eigenvalue weighted by Crippen LogP contribution is -2.25. The minimum atomic E-state index is 0.904. The molecule has 1 fully saturated rings. The van der Waals surface area contributed by atoms with E-state index in [2.05, 4.69) is 23.5 Å². The second-order valence-corrected chi connectivity index (χ2v) is 5.91. The number of hydrogen-bond donors (Lipinski definition) is 1. The zero-order valence-corrected chi connectivity index (χ0v) is 11.8. The Kier molecular flexibility index (Phi) is 8.34. The Balaban J connectivity index is 1.90. The van der Waals surface area contributed by atoms with Crippen molar-refractivity contribution in [1.29, 1.82) is 0 Å². The fourth-order valence-electron chi connectivity index (χ4n) is 2.51. The minimum Gasteiger partial charge on any atom is -0.319 e. The van der Waals surface area contributed by atoms with Crippen LogP contribution in [0.3, 0.4) is 0 Å². The van der Waals surface area contributed by atoms with Crippen LogP contribution in [-0.4, -0.2) is 50.1 Å². The van der Waals surface area contributed by atoms with Gasteiger partial charge in [-0.1, -0.05) is 12.8 Å². The number of nitrogens with zero attached hydrogens (tertiary/aromatic N) is 1. The molecule has 16 heavy (non-hydrogen) atoms. The summed E-state index contributed by atoms with van der Waals surface area (Å²) < 4.78 is 0. The third-order valence-electron chi connectivity index (χ3n) is 3.44. The topological polar surface area (TPSA) is 15.3 Å². The van der Waals surface area contributed by atoms with Gasteiger partial charge in [0.05, 0.1) is 0 Å². The molecule has 0 aromatic heterocycles. The highest BCUT2D eigenvalue weighted by Crippen LogP contribution is 2.16. The standard InChI is InChI=1S/C13H28N2S/c1-14-11-13-7-9-15(12-13)8-5-3-4-6-10-16-2/h13-14H,3-12H2,1-2H3. The first-order chi connectivity index (χ1) is 7.86. The van der Waals surface area contributed by atoms with E-state index in [1.54, 1.807) is 0 Å². The molecular weight excluding hydrogens is 216 g/mol. The summed E-state index contributed by atoms with van der Waals surface area (Å²) in [6.07, 6.45) is 9.26. The minimum absolute atomic E-state index is 0.904. The highest BCUT2D eigenvalue weighted by atomic mass is 32.2. The zero-order chi connectivity index (χ0) is 11.6. The molecule has 0 saturated carbocycles. The molecule has 0 spiro atoms. The van der Waals surface area contributed by atoms with Gasteiger partial charge in [-0.25, -0.2) is 0 Å². The molecule has 3 heteroatoms. The lowest BCUT2D eigenvalue weighted by molar-refractivity contribution is 0.314. The van der Waals surface area contributed by atoms with Gasteiger partial charge >= 0.3 is 0 Å². The van der Waals surface area contributed by atoms with Gasteiger partial charge in [-0.2, -0.15) is 11.8 Å². The van der Waals surface area contributed by atoms with Crippen LogP contribution in [0.25, 0.3) is 0 Å². The highest BCUT2D eigenvalue weighted by molar-refractivity contribution is 7.98. The first kappa shape index (κ1) is 14.3. The Labute approximate surface area is 106 Å². The predicted octanol–water partition coefficient (Wildman–Crippen LogP) is 2.45. The van der Waals surface area contributed by atoms with E-state index >= 15 is 0 Å². The third-order valence-corrected chi connectivity index (χ3v) is 4.13. The van der Waals surface area contributed by atoms with Gasteiger partial charge in [0.1, 0.15) is 0 Å². The van der Waals surface area contributed by atoms with E-state index in [0.717, 1.165) is 5.92 Å². The van der Waals surface area contributed by atoms with E-state index in [1.165, 1.54) is 64.0 Å². The summed E-state index contributed by atoms with van der Waals surface area (Å²) in [7, 11) is 2.06. The first-order valence-electron chi connectivity index (χ1n) is 6.72. The first-order valence-corrected chi connectivity index (χ1v) is 8.12. The van der Waals surface area contributed by atoms with Crippen molar-refractivity contribution >= 4 is 11.8 Å². The molecule has 1 aliphatic rings. The van der Waals surface area contributed by atoms with E-state index in [9.17, 15) is 0 Å². The van der Waals surface area contributed by atoms with E-state index in [4.69, 9.17) is 0 Å². The fraction of sp³-hybridized carbons (Fsp3) is 1.00. The monoisotopic (exact) mass is 244 g/mol. The van der Waals surface area contributed by atoms with Crippen molar-refractivity contribution in [3.05, 3.63) is 0 Å². The molecule has 1 atom stereocenters. The Hall–Kier alpha value is 0.270. The van der Waals surface area contributed by atoms with Crippen molar-refractivity contribution in [3.8, 4) is 0 Å². The van der Waals surface area contributed by atoms with E-state index in [1.807, 2.05) is 11.8 Å². The molecule has 0 aromatic rings. The summed E-state index contributed by atoms with van der Waals surface area (Å²) in [5, 5.41) is 3.29. The smallest absolute Gasteiger partial charge is 0.00223 e. The van der Waals surface area contributed by atoms with E-state index in [0.29, 0.717) is 0 Å². The maximum absolute atomic E-state index is 3.29. The molecule has 1 N–H and O–H groups in total. The van der Waals surface area contributed by atoms with Gasteiger partial charge in [0.25, 0.3) is 0 Å². The molecule has 0 aliphatic carbocycles. The van der Waals surface area contributed by atoms with E-state index in [-0.39, 0.29) is 0 Å². The molecule has 1 saturated heterocycles. The largest absolute Gasteiger partial charge is 0.319 e. The zero-order valence-electron chi connectivity index (χ0n) is 11.0. The van der Waals surface area contributed by atoms with Crippen LogP contribution in [0.1, 0.15) is 32.1 Å². The molecule has 96 valence electrons. The van der Waals surface area contributed by atoms with Crippen LogP contribution in [0.4, 0.5) is 0 Å². The summed E-state index contributed by atoms with van der Waals surface area (Å²) in [4.78, 5) is 2.65. The van der Waals surface area contributed by atoms with Crippen LogP contribution in [0.15, 0.2) is 0 Å². The predicted molar refractivity (Wildman–Crippen MR) is 75.3 cm³/mol. The molecule has 1 rings (SSSR count).